The van der Waals surface area contributed by atoms with E-state index in [-0.39, 0.29) is 5.97 Å². The number of aromatic nitrogens is 1. The zero-order valence-corrected chi connectivity index (χ0v) is 16.9. The molecule has 5 nitrogen and oxygen atoms in total. The van der Waals surface area contributed by atoms with Crippen molar-refractivity contribution >= 4 is 22.9 Å². The van der Waals surface area contributed by atoms with Gasteiger partial charge in [0.25, 0.3) is 0 Å². The fourth-order valence-electron chi connectivity index (χ4n) is 4.04. The smallest absolute Gasteiger partial charge is 0.330 e. The average molecular weight is 390 g/mol. The molecule has 1 aliphatic carbocycles. The summed E-state index contributed by atoms with van der Waals surface area (Å²) in [6.07, 6.45) is 7.55. The molecule has 1 heterocycles. The second kappa shape index (κ2) is 8.53. The van der Waals surface area contributed by atoms with Gasteiger partial charge >= 0.3 is 5.97 Å². The molecule has 29 heavy (non-hydrogen) atoms. The van der Waals surface area contributed by atoms with E-state index >= 15 is 0 Å². The molecule has 1 aromatic heterocycles. The predicted octanol–water partition coefficient (Wildman–Crippen LogP) is 4.11. The second-order valence-electron chi connectivity index (χ2n) is 7.29. The molecule has 3 aromatic rings. The van der Waals surface area contributed by atoms with Crippen LogP contribution in [0.1, 0.15) is 29.2 Å². The van der Waals surface area contributed by atoms with Crippen molar-refractivity contribution in [3.05, 3.63) is 71.4 Å². The number of nitrogens with one attached hydrogen (secondary N) is 1. The van der Waals surface area contributed by atoms with Gasteiger partial charge in [0, 0.05) is 42.3 Å². The summed E-state index contributed by atoms with van der Waals surface area (Å²) < 4.78 is 12.2. The van der Waals surface area contributed by atoms with Gasteiger partial charge in [-0.3, -0.25) is 0 Å². The van der Waals surface area contributed by atoms with E-state index in [2.05, 4.69) is 57.2 Å². The third-order valence-corrected chi connectivity index (χ3v) is 5.58. The summed E-state index contributed by atoms with van der Waals surface area (Å²) >= 11 is 0. The third-order valence-electron chi connectivity index (χ3n) is 5.58. The van der Waals surface area contributed by atoms with E-state index in [0.717, 1.165) is 37.2 Å². The number of benzene rings is 2. The van der Waals surface area contributed by atoms with Crippen LogP contribution in [-0.4, -0.2) is 31.3 Å². The number of esters is 1. The Bertz CT molecular complexity index is 1050. The Morgan fingerprint density at radius 1 is 1.21 bits per heavy atom. The van der Waals surface area contributed by atoms with Gasteiger partial charge in [-0.15, -0.1) is 0 Å². The van der Waals surface area contributed by atoms with Gasteiger partial charge in [0.1, 0.15) is 5.75 Å². The Balaban J connectivity index is 1.37. The van der Waals surface area contributed by atoms with E-state index in [9.17, 15) is 4.79 Å². The molecule has 5 heteroatoms. The van der Waals surface area contributed by atoms with Crippen molar-refractivity contribution in [3.63, 3.8) is 0 Å². The van der Waals surface area contributed by atoms with E-state index in [1.54, 1.807) is 13.2 Å². The Morgan fingerprint density at radius 3 is 2.93 bits per heavy atom. The minimum Gasteiger partial charge on any atom is -0.497 e. The second-order valence-corrected chi connectivity index (χ2v) is 7.29. The number of nitrogens with zero attached hydrogens (tertiary/aromatic N) is 1. The molecule has 0 radical (unpaired) electrons. The summed E-state index contributed by atoms with van der Waals surface area (Å²) in [6.45, 7) is 1.82. The van der Waals surface area contributed by atoms with Crippen LogP contribution < -0.4 is 10.1 Å². The molecule has 4 rings (SSSR count). The fraction of sp³-hybridized carbons (Fsp3) is 0.292. The Kier molecular flexibility index (Phi) is 5.67. The van der Waals surface area contributed by atoms with Crippen LogP contribution in [0.15, 0.2) is 54.7 Å². The van der Waals surface area contributed by atoms with Crippen LogP contribution in [0.3, 0.4) is 0 Å². The van der Waals surface area contributed by atoms with Crippen molar-refractivity contribution in [3.8, 4) is 5.75 Å². The molecule has 0 aliphatic heterocycles. The number of hydrogen-bond donors (Lipinski definition) is 1. The molecule has 1 atom stereocenters. The zero-order chi connectivity index (χ0) is 20.2. The van der Waals surface area contributed by atoms with E-state index in [1.807, 2.05) is 6.07 Å². The van der Waals surface area contributed by atoms with Gasteiger partial charge in [0.15, 0.2) is 0 Å². The molecule has 0 amide bonds. The molecule has 150 valence electrons. The first-order chi connectivity index (χ1) is 14.2. The topological polar surface area (TPSA) is 52.5 Å². The van der Waals surface area contributed by atoms with Crippen LogP contribution in [0.2, 0.25) is 0 Å². The number of hydrogen-bond acceptors (Lipinski definition) is 4. The third kappa shape index (κ3) is 4.20. The van der Waals surface area contributed by atoms with Crippen LogP contribution in [0.25, 0.3) is 17.0 Å². The molecule has 0 spiro atoms. The molecule has 1 aliphatic rings. The van der Waals surface area contributed by atoms with E-state index in [4.69, 9.17) is 4.74 Å². The molecule has 0 fully saturated rings. The predicted molar refractivity (Wildman–Crippen MR) is 115 cm³/mol. The lowest BCUT2D eigenvalue weighted by molar-refractivity contribution is -0.134. The molecule has 1 unspecified atom stereocenters. The Hall–Kier alpha value is -3.05. The molecule has 0 bridgehead atoms. The average Bonchev–Trinajstić information content (AvgIpc) is 3.35. The number of aryl methyl sites for hydroxylation is 1. The highest BCUT2D eigenvalue weighted by Crippen LogP contribution is 2.32. The summed E-state index contributed by atoms with van der Waals surface area (Å²) in [5.41, 5.74) is 4.97. The maximum absolute atomic E-state index is 11.3. The van der Waals surface area contributed by atoms with Gasteiger partial charge in [-0.2, -0.15) is 0 Å². The zero-order valence-electron chi connectivity index (χ0n) is 16.9. The van der Waals surface area contributed by atoms with Crippen molar-refractivity contribution in [1.29, 1.82) is 0 Å². The molecule has 1 N–H and O–H groups in total. The van der Waals surface area contributed by atoms with Crippen molar-refractivity contribution in [2.24, 2.45) is 0 Å². The highest BCUT2D eigenvalue weighted by Gasteiger charge is 2.21. The summed E-state index contributed by atoms with van der Waals surface area (Å²) in [5.74, 6) is 0.553. The fourth-order valence-corrected chi connectivity index (χ4v) is 4.04. The number of carbonyl (C=O) groups excluding carboxylic acids is 1. The normalized spacial score (nSPS) is 15.7. The maximum Gasteiger partial charge on any atom is 0.330 e. The number of rotatable bonds is 7. The van der Waals surface area contributed by atoms with Gasteiger partial charge in [0.05, 0.1) is 14.2 Å². The van der Waals surface area contributed by atoms with Crippen LogP contribution in [0.4, 0.5) is 0 Å². The summed E-state index contributed by atoms with van der Waals surface area (Å²) in [6, 6.07) is 15.1. The molecule has 0 saturated heterocycles. The summed E-state index contributed by atoms with van der Waals surface area (Å²) in [5, 5.41) is 4.90. The minimum atomic E-state index is -0.332. The number of carbonyl (C=O) groups is 1. The van der Waals surface area contributed by atoms with Crippen molar-refractivity contribution in [1.82, 2.24) is 9.88 Å². The first-order valence-corrected chi connectivity index (χ1v) is 9.93. The largest absolute Gasteiger partial charge is 0.497 e. The standard InChI is InChI=1S/C24H26N2O3/c1-28-20-6-9-23-19(16-20)11-13-26(23)14-12-25-22-8-5-18-15-17(3-7-21(18)22)4-10-24(27)29-2/h3-4,6-7,9-11,13,15-16,22,25H,5,8,12,14H2,1-2H3. The number of fused-ring (bicyclic) bond motifs is 2. The quantitative estimate of drug-likeness (QED) is 0.487. The summed E-state index contributed by atoms with van der Waals surface area (Å²) in [7, 11) is 3.08. The first kappa shape index (κ1) is 19.3. The first-order valence-electron chi connectivity index (χ1n) is 9.93. The van der Waals surface area contributed by atoms with Crippen LogP contribution in [0, 0.1) is 0 Å². The molecule has 2 aromatic carbocycles. The molecular formula is C24H26N2O3. The number of ether oxygens (including phenoxy) is 2. The van der Waals surface area contributed by atoms with Gasteiger partial charge < -0.3 is 19.4 Å². The minimum absolute atomic E-state index is 0.332. The van der Waals surface area contributed by atoms with E-state index in [0.29, 0.717) is 6.04 Å². The lowest BCUT2D eigenvalue weighted by atomic mass is 10.0. The van der Waals surface area contributed by atoms with Gasteiger partial charge in [-0.1, -0.05) is 18.2 Å². The van der Waals surface area contributed by atoms with Crippen molar-refractivity contribution < 1.29 is 14.3 Å². The highest BCUT2D eigenvalue weighted by atomic mass is 16.5. The monoisotopic (exact) mass is 390 g/mol. The highest BCUT2D eigenvalue weighted by molar-refractivity contribution is 5.87. The van der Waals surface area contributed by atoms with Crippen molar-refractivity contribution in [2.75, 3.05) is 20.8 Å². The van der Waals surface area contributed by atoms with Crippen LogP contribution in [0.5, 0.6) is 5.75 Å². The van der Waals surface area contributed by atoms with Crippen LogP contribution in [-0.2, 0) is 22.5 Å². The lowest BCUT2D eigenvalue weighted by Gasteiger charge is -2.15. The van der Waals surface area contributed by atoms with Crippen LogP contribution >= 0.6 is 0 Å². The maximum atomic E-state index is 11.3. The van der Waals surface area contributed by atoms with E-state index in [1.165, 1.54) is 35.2 Å². The molecule has 0 saturated carbocycles. The summed E-state index contributed by atoms with van der Waals surface area (Å²) in [4.78, 5) is 11.3. The SMILES string of the molecule is COC(=O)C=Cc1ccc2c(c1)CCC2NCCn1ccc2cc(OC)ccc21. The number of methoxy groups -OCH3 is 2. The lowest BCUT2D eigenvalue weighted by Crippen LogP contribution is -2.23. The van der Waals surface area contributed by atoms with Gasteiger partial charge in [-0.25, -0.2) is 4.79 Å². The Morgan fingerprint density at radius 2 is 2.10 bits per heavy atom. The van der Waals surface area contributed by atoms with Gasteiger partial charge in [0.2, 0.25) is 0 Å². The molecular weight excluding hydrogens is 364 g/mol. The van der Waals surface area contributed by atoms with E-state index < -0.39 is 0 Å². The Labute approximate surface area is 170 Å². The van der Waals surface area contributed by atoms with Crippen molar-refractivity contribution in [2.45, 2.75) is 25.4 Å². The van der Waals surface area contributed by atoms with Gasteiger partial charge in [-0.05, 0) is 59.9 Å².